The van der Waals surface area contributed by atoms with Gasteiger partial charge in [-0.2, -0.15) is 0 Å². The molecule has 23 heavy (non-hydrogen) atoms. The van der Waals surface area contributed by atoms with Crippen molar-refractivity contribution in [1.82, 2.24) is 14.9 Å². The van der Waals surface area contributed by atoms with Crippen molar-refractivity contribution in [3.63, 3.8) is 0 Å². The largest absolute Gasteiger partial charge is 0.495 e. The third-order valence-corrected chi connectivity index (χ3v) is 5.65. The van der Waals surface area contributed by atoms with E-state index in [1.54, 1.807) is 6.07 Å². The van der Waals surface area contributed by atoms with E-state index in [1.165, 1.54) is 33.3 Å². The average molecular weight is 341 g/mol. The van der Waals surface area contributed by atoms with Crippen LogP contribution in [0, 0.1) is 0 Å². The summed E-state index contributed by atoms with van der Waals surface area (Å²) < 4.78 is 31.0. The monoisotopic (exact) mass is 341 g/mol. The maximum absolute atomic E-state index is 12.4. The highest BCUT2D eigenvalue weighted by atomic mass is 32.2. The van der Waals surface area contributed by atoms with Gasteiger partial charge in [0.1, 0.15) is 10.6 Å². The van der Waals surface area contributed by atoms with E-state index in [0.29, 0.717) is 5.56 Å². The fourth-order valence-electron chi connectivity index (χ4n) is 2.46. The highest BCUT2D eigenvalue weighted by Crippen LogP contribution is 2.27. The van der Waals surface area contributed by atoms with Gasteiger partial charge in [-0.3, -0.25) is 4.79 Å². The molecule has 2 rings (SSSR count). The van der Waals surface area contributed by atoms with Crippen molar-refractivity contribution in [1.29, 1.82) is 0 Å². The number of carbonyl (C=O) groups is 1. The molecule has 1 aliphatic heterocycles. The van der Waals surface area contributed by atoms with Gasteiger partial charge in [0.05, 0.1) is 7.11 Å². The first-order valence-electron chi connectivity index (χ1n) is 7.48. The summed E-state index contributed by atoms with van der Waals surface area (Å²) in [5.41, 5.74) is 0.303. The van der Waals surface area contributed by atoms with Gasteiger partial charge in [-0.15, -0.1) is 0 Å². The van der Waals surface area contributed by atoms with Crippen molar-refractivity contribution >= 4 is 15.9 Å². The summed E-state index contributed by atoms with van der Waals surface area (Å²) in [6.07, 6.45) is 1.92. The van der Waals surface area contributed by atoms with Crippen LogP contribution in [0.3, 0.4) is 0 Å². The SMILES string of the molecule is COc1ccc(C(=O)NC2CCCNC2)cc1S(=O)(=O)N(C)C. The number of hydrogen-bond acceptors (Lipinski definition) is 5. The second-order valence-electron chi connectivity index (χ2n) is 5.67. The Kier molecular flexibility index (Phi) is 5.61. The van der Waals surface area contributed by atoms with E-state index in [0.717, 1.165) is 30.2 Å². The van der Waals surface area contributed by atoms with Crippen molar-refractivity contribution in [3.8, 4) is 5.75 Å². The molecule has 1 unspecified atom stereocenters. The molecule has 0 aliphatic carbocycles. The fraction of sp³-hybridized carbons (Fsp3) is 0.533. The molecule has 128 valence electrons. The molecular formula is C15H23N3O4S. The summed E-state index contributed by atoms with van der Waals surface area (Å²) >= 11 is 0. The molecule has 1 heterocycles. The van der Waals surface area contributed by atoms with Gasteiger partial charge < -0.3 is 15.4 Å². The van der Waals surface area contributed by atoms with Crippen LogP contribution in [-0.4, -0.2) is 59.0 Å². The molecular weight excluding hydrogens is 318 g/mol. The molecule has 1 atom stereocenters. The number of methoxy groups -OCH3 is 1. The molecule has 2 N–H and O–H groups in total. The van der Waals surface area contributed by atoms with Gasteiger partial charge in [-0.05, 0) is 37.6 Å². The molecule has 0 saturated carbocycles. The number of rotatable bonds is 5. The molecule has 1 aromatic rings. The van der Waals surface area contributed by atoms with Gasteiger partial charge in [0.2, 0.25) is 10.0 Å². The first-order chi connectivity index (χ1) is 10.9. The molecule has 7 nitrogen and oxygen atoms in total. The predicted octanol–water partition coefficient (Wildman–Crippen LogP) is 0.427. The molecule has 1 aromatic carbocycles. The summed E-state index contributed by atoms with van der Waals surface area (Å²) in [6.45, 7) is 1.69. The van der Waals surface area contributed by atoms with E-state index >= 15 is 0 Å². The van der Waals surface area contributed by atoms with Crippen LogP contribution in [0.25, 0.3) is 0 Å². The van der Waals surface area contributed by atoms with Gasteiger partial charge in [-0.1, -0.05) is 0 Å². The lowest BCUT2D eigenvalue weighted by Crippen LogP contribution is -2.45. The lowest BCUT2D eigenvalue weighted by Gasteiger charge is -2.24. The van der Waals surface area contributed by atoms with E-state index in [9.17, 15) is 13.2 Å². The molecule has 0 aromatic heterocycles. The lowest BCUT2D eigenvalue weighted by molar-refractivity contribution is 0.0930. The second kappa shape index (κ2) is 7.29. The Bertz CT molecular complexity index is 667. The van der Waals surface area contributed by atoms with Crippen molar-refractivity contribution in [2.24, 2.45) is 0 Å². The molecule has 1 amide bonds. The number of nitrogens with one attached hydrogen (secondary N) is 2. The number of amides is 1. The minimum atomic E-state index is -3.69. The van der Waals surface area contributed by atoms with Crippen LogP contribution in [0.4, 0.5) is 0 Å². The Balaban J connectivity index is 2.28. The molecule has 0 bridgehead atoms. The minimum absolute atomic E-state index is 0.0144. The minimum Gasteiger partial charge on any atom is -0.495 e. The highest BCUT2D eigenvalue weighted by Gasteiger charge is 2.24. The number of nitrogens with zero attached hydrogens (tertiary/aromatic N) is 1. The van der Waals surface area contributed by atoms with Gasteiger partial charge in [-0.25, -0.2) is 12.7 Å². The van der Waals surface area contributed by atoms with Crippen molar-refractivity contribution < 1.29 is 17.9 Å². The zero-order valence-corrected chi connectivity index (χ0v) is 14.4. The normalized spacial score (nSPS) is 18.7. The van der Waals surface area contributed by atoms with Crippen molar-refractivity contribution in [2.45, 2.75) is 23.8 Å². The standard InChI is InChI=1S/C15H23N3O4S/c1-18(2)23(20,21)14-9-11(6-7-13(14)22-3)15(19)17-12-5-4-8-16-10-12/h6-7,9,12,16H,4-5,8,10H2,1-3H3,(H,17,19). The van der Waals surface area contributed by atoms with Crippen LogP contribution >= 0.6 is 0 Å². The maximum atomic E-state index is 12.4. The van der Waals surface area contributed by atoms with E-state index < -0.39 is 10.0 Å². The molecule has 1 saturated heterocycles. The van der Waals surface area contributed by atoms with Gasteiger partial charge in [0.15, 0.2) is 0 Å². The Morgan fingerprint density at radius 3 is 2.70 bits per heavy atom. The Morgan fingerprint density at radius 2 is 2.13 bits per heavy atom. The third kappa shape index (κ3) is 4.01. The quantitative estimate of drug-likeness (QED) is 0.811. The molecule has 8 heteroatoms. The van der Waals surface area contributed by atoms with E-state index in [2.05, 4.69) is 10.6 Å². The highest BCUT2D eigenvalue weighted by molar-refractivity contribution is 7.89. The van der Waals surface area contributed by atoms with Crippen LogP contribution in [0.2, 0.25) is 0 Å². The maximum Gasteiger partial charge on any atom is 0.251 e. The predicted molar refractivity (Wildman–Crippen MR) is 87.2 cm³/mol. The molecule has 0 radical (unpaired) electrons. The molecule has 1 aliphatic rings. The molecule has 0 spiro atoms. The number of benzene rings is 1. The molecule has 1 fully saturated rings. The average Bonchev–Trinajstić information content (AvgIpc) is 2.55. The van der Waals surface area contributed by atoms with Crippen molar-refractivity contribution in [2.75, 3.05) is 34.3 Å². The van der Waals surface area contributed by atoms with Crippen LogP contribution in [0.15, 0.2) is 23.1 Å². The zero-order valence-electron chi connectivity index (χ0n) is 13.6. The first kappa shape index (κ1) is 17.7. The number of sulfonamides is 1. The van der Waals surface area contributed by atoms with Crippen LogP contribution in [0.1, 0.15) is 23.2 Å². The van der Waals surface area contributed by atoms with Crippen LogP contribution in [-0.2, 0) is 10.0 Å². The summed E-state index contributed by atoms with van der Waals surface area (Å²) in [7, 11) is 0.587. The van der Waals surface area contributed by atoms with Gasteiger partial charge in [0, 0.05) is 32.2 Å². The summed E-state index contributed by atoms with van der Waals surface area (Å²) in [5, 5.41) is 6.15. The van der Waals surface area contributed by atoms with Crippen LogP contribution in [0.5, 0.6) is 5.75 Å². The number of carbonyl (C=O) groups excluding carboxylic acids is 1. The Morgan fingerprint density at radius 1 is 1.39 bits per heavy atom. The van der Waals surface area contributed by atoms with E-state index in [1.807, 2.05) is 0 Å². The topological polar surface area (TPSA) is 87.7 Å². The summed E-state index contributed by atoms with van der Waals surface area (Å²) in [5.74, 6) is -0.0638. The van der Waals surface area contributed by atoms with E-state index in [4.69, 9.17) is 4.74 Å². The number of piperidine rings is 1. The van der Waals surface area contributed by atoms with Crippen LogP contribution < -0.4 is 15.4 Å². The smallest absolute Gasteiger partial charge is 0.251 e. The summed E-state index contributed by atoms with van der Waals surface area (Å²) in [6, 6.07) is 4.50. The Hall–Kier alpha value is -1.64. The van der Waals surface area contributed by atoms with E-state index in [-0.39, 0.29) is 22.6 Å². The second-order valence-corrected chi connectivity index (χ2v) is 7.79. The van der Waals surface area contributed by atoms with Gasteiger partial charge in [0.25, 0.3) is 5.91 Å². The third-order valence-electron chi connectivity index (χ3n) is 3.82. The fourth-order valence-corrected chi connectivity index (χ4v) is 3.53. The van der Waals surface area contributed by atoms with Gasteiger partial charge >= 0.3 is 0 Å². The lowest BCUT2D eigenvalue weighted by atomic mass is 10.1. The first-order valence-corrected chi connectivity index (χ1v) is 8.92. The number of ether oxygens (including phenoxy) is 1. The zero-order chi connectivity index (χ0) is 17.0. The number of hydrogen-bond donors (Lipinski definition) is 2. The summed E-state index contributed by atoms with van der Waals surface area (Å²) in [4.78, 5) is 12.4. The van der Waals surface area contributed by atoms with Crippen molar-refractivity contribution in [3.05, 3.63) is 23.8 Å². The Labute approximate surface area is 137 Å².